The second kappa shape index (κ2) is 4.14. The molecule has 0 aliphatic heterocycles. The normalized spacial score (nSPS) is 10.4. The van der Waals surface area contributed by atoms with Gasteiger partial charge in [-0.25, -0.2) is 0 Å². The standard InChI is InChI=1S/C9H9BrN2OS/c1-6-4-9(12-13-6)11-5-7-2-3-8(10)14-7/h2-4H,5H2,1H3,(H,11,12). The molecule has 14 heavy (non-hydrogen) atoms. The number of rotatable bonds is 3. The Morgan fingerprint density at radius 3 is 3.00 bits per heavy atom. The van der Waals surface area contributed by atoms with Crippen LogP contribution in [0.25, 0.3) is 0 Å². The fourth-order valence-electron chi connectivity index (χ4n) is 1.07. The molecular weight excluding hydrogens is 264 g/mol. The highest BCUT2D eigenvalue weighted by Gasteiger charge is 2.00. The van der Waals surface area contributed by atoms with E-state index < -0.39 is 0 Å². The zero-order valence-corrected chi connectivity index (χ0v) is 9.98. The highest BCUT2D eigenvalue weighted by Crippen LogP contribution is 2.22. The van der Waals surface area contributed by atoms with Gasteiger partial charge in [-0.05, 0) is 35.0 Å². The van der Waals surface area contributed by atoms with Crippen LogP contribution in [0, 0.1) is 6.92 Å². The molecule has 0 fully saturated rings. The van der Waals surface area contributed by atoms with Crippen LogP contribution >= 0.6 is 27.3 Å². The maximum Gasteiger partial charge on any atom is 0.169 e. The largest absolute Gasteiger partial charge is 0.362 e. The van der Waals surface area contributed by atoms with Gasteiger partial charge in [-0.1, -0.05) is 5.16 Å². The third-order valence-corrected chi connectivity index (χ3v) is 3.32. The number of thiophene rings is 1. The average molecular weight is 273 g/mol. The summed E-state index contributed by atoms with van der Waals surface area (Å²) in [7, 11) is 0. The number of halogens is 1. The molecular formula is C9H9BrN2OS. The number of nitrogens with one attached hydrogen (secondary N) is 1. The molecule has 2 heterocycles. The highest BCUT2D eigenvalue weighted by atomic mass is 79.9. The number of nitrogens with zero attached hydrogens (tertiary/aromatic N) is 1. The van der Waals surface area contributed by atoms with Crippen molar-refractivity contribution >= 4 is 33.1 Å². The second-order valence-electron chi connectivity index (χ2n) is 2.88. The first-order chi connectivity index (χ1) is 6.74. The lowest BCUT2D eigenvalue weighted by atomic mass is 10.4. The van der Waals surface area contributed by atoms with Crippen molar-refractivity contribution in [1.82, 2.24) is 5.16 Å². The van der Waals surface area contributed by atoms with Gasteiger partial charge in [0.2, 0.25) is 0 Å². The Kier molecular flexibility index (Phi) is 2.88. The molecule has 74 valence electrons. The summed E-state index contributed by atoms with van der Waals surface area (Å²) < 4.78 is 6.08. The fourth-order valence-corrected chi connectivity index (χ4v) is 2.50. The number of aromatic nitrogens is 1. The molecule has 1 N–H and O–H groups in total. The monoisotopic (exact) mass is 272 g/mol. The van der Waals surface area contributed by atoms with Gasteiger partial charge in [0.15, 0.2) is 5.82 Å². The molecule has 0 saturated heterocycles. The number of aryl methyl sites for hydroxylation is 1. The summed E-state index contributed by atoms with van der Waals surface area (Å²) in [6.07, 6.45) is 0. The van der Waals surface area contributed by atoms with Gasteiger partial charge >= 0.3 is 0 Å². The summed E-state index contributed by atoms with van der Waals surface area (Å²) in [5, 5.41) is 7.02. The van der Waals surface area contributed by atoms with Crippen molar-refractivity contribution in [3.8, 4) is 0 Å². The predicted molar refractivity (Wildman–Crippen MR) is 60.6 cm³/mol. The molecule has 0 amide bonds. The lowest BCUT2D eigenvalue weighted by molar-refractivity contribution is 0.399. The minimum atomic E-state index is 0.780. The Morgan fingerprint density at radius 2 is 2.43 bits per heavy atom. The maximum atomic E-state index is 4.94. The van der Waals surface area contributed by atoms with Gasteiger partial charge in [-0.2, -0.15) is 0 Å². The van der Waals surface area contributed by atoms with E-state index in [-0.39, 0.29) is 0 Å². The van der Waals surface area contributed by atoms with E-state index >= 15 is 0 Å². The summed E-state index contributed by atoms with van der Waals surface area (Å²) in [6.45, 7) is 2.65. The van der Waals surface area contributed by atoms with Crippen LogP contribution in [0.15, 0.2) is 26.5 Å². The van der Waals surface area contributed by atoms with E-state index in [1.54, 1.807) is 11.3 Å². The van der Waals surface area contributed by atoms with Crippen LogP contribution in [0.4, 0.5) is 5.82 Å². The molecule has 0 aromatic carbocycles. The van der Waals surface area contributed by atoms with Crippen molar-refractivity contribution in [2.75, 3.05) is 5.32 Å². The van der Waals surface area contributed by atoms with Crippen LogP contribution in [-0.4, -0.2) is 5.16 Å². The summed E-state index contributed by atoms with van der Waals surface area (Å²) in [6, 6.07) is 5.99. The first kappa shape index (κ1) is 9.73. The molecule has 0 saturated carbocycles. The minimum absolute atomic E-state index is 0.780. The zero-order valence-electron chi connectivity index (χ0n) is 7.58. The van der Waals surface area contributed by atoms with Crippen molar-refractivity contribution in [1.29, 1.82) is 0 Å². The Labute approximate surface area is 94.2 Å². The van der Waals surface area contributed by atoms with Crippen LogP contribution in [0.3, 0.4) is 0 Å². The molecule has 0 bridgehead atoms. The van der Waals surface area contributed by atoms with E-state index in [4.69, 9.17) is 4.52 Å². The van der Waals surface area contributed by atoms with E-state index in [1.807, 2.05) is 19.1 Å². The van der Waals surface area contributed by atoms with Crippen molar-refractivity contribution < 1.29 is 4.52 Å². The number of anilines is 1. The third kappa shape index (κ3) is 2.36. The van der Waals surface area contributed by atoms with E-state index in [1.165, 1.54) is 4.88 Å². The number of hydrogen-bond donors (Lipinski definition) is 1. The summed E-state index contributed by atoms with van der Waals surface area (Å²) >= 11 is 5.13. The SMILES string of the molecule is Cc1cc(NCc2ccc(Br)s2)no1. The van der Waals surface area contributed by atoms with Gasteiger partial charge in [-0.3, -0.25) is 0 Å². The quantitative estimate of drug-likeness (QED) is 0.931. The zero-order chi connectivity index (χ0) is 9.97. The lowest BCUT2D eigenvalue weighted by Gasteiger charge is -1.97. The van der Waals surface area contributed by atoms with Gasteiger partial charge in [0.05, 0.1) is 10.3 Å². The molecule has 0 radical (unpaired) electrons. The van der Waals surface area contributed by atoms with Crippen molar-refractivity contribution in [3.05, 3.63) is 32.6 Å². The molecule has 0 spiro atoms. The van der Waals surface area contributed by atoms with Crippen LogP contribution in [0.5, 0.6) is 0 Å². The van der Waals surface area contributed by atoms with Gasteiger partial charge in [0, 0.05) is 10.9 Å². The van der Waals surface area contributed by atoms with Gasteiger partial charge in [0.25, 0.3) is 0 Å². The smallest absolute Gasteiger partial charge is 0.169 e. The summed E-state index contributed by atoms with van der Waals surface area (Å²) in [5.41, 5.74) is 0. The third-order valence-electron chi connectivity index (χ3n) is 1.70. The van der Waals surface area contributed by atoms with Crippen molar-refractivity contribution in [2.45, 2.75) is 13.5 Å². The maximum absolute atomic E-state index is 4.94. The van der Waals surface area contributed by atoms with E-state index in [2.05, 4.69) is 32.5 Å². The molecule has 0 aliphatic carbocycles. The van der Waals surface area contributed by atoms with Gasteiger partial charge in [0.1, 0.15) is 5.76 Å². The minimum Gasteiger partial charge on any atom is -0.362 e. The number of hydrogen-bond acceptors (Lipinski definition) is 4. The molecule has 3 nitrogen and oxygen atoms in total. The average Bonchev–Trinajstić information content (AvgIpc) is 2.72. The van der Waals surface area contributed by atoms with Crippen molar-refractivity contribution in [2.24, 2.45) is 0 Å². The first-order valence-electron chi connectivity index (χ1n) is 4.15. The summed E-state index contributed by atoms with van der Waals surface area (Å²) in [4.78, 5) is 1.26. The fraction of sp³-hybridized carbons (Fsp3) is 0.222. The molecule has 2 aromatic heterocycles. The molecule has 5 heteroatoms. The van der Waals surface area contributed by atoms with Gasteiger partial charge in [-0.15, -0.1) is 11.3 Å². The Balaban J connectivity index is 1.94. The molecule has 0 atom stereocenters. The lowest BCUT2D eigenvalue weighted by Crippen LogP contribution is -1.96. The van der Waals surface area contributed by atoms with Crippen LogP contribution in [0.1, 0.15) is 10.6 Å². The van der Waals surface area contributed by atoms with E-state index in [9.17, 15) is 0 Å². The Hall–Kier alpha value is -0.810. The summed E-state index contributed by atoms with van der Waals surface area (Å²) in [5.74, 6) is 1.60. The predicted octanol–water partition coefficient (Wildman–Crippen LogP) is 3.42. The van der Waals surface area contributed by atoms with Crippen molar-refractivity contribution in [3.63, 3.8) is 0 Å². The Morgan fingerprint density at radius 1 is 1.57 bits per heavy atom. The van der Waals surface area contributed by atoms with Crippen LogP contribution in [0.2, 0.25) is 0 Å². The highest BCUT2D eigenvalue weighted by molar-refractivity contribution is 9.11. The van der Waals surface area contributed by atoms with Crippen LogP contribution < -0.4 is 5.32 Å². The topological polar surface area (TPSA) is 38.1 Å². The second-order valence-corrected chi connectivity index (χ2v) is 5.43. The van der Waals surface area contributed by atoms with E-state index in [0.717, 1.165) is 21.9 Å². The Bertz CT molecular complexity index is 384. The van der Waals surface area contributed by atoms with Gasteiger partial charge < -0.3 is 9.84 Å². The molecule has 2 rings (SSSR count). The molecule has 0 unspecified atom stereocenters. The molecule has 0 aliphatic rings. The first-order valence-corrected chi connectivity index (χ1v) is 5.76. The van der Waals surface area contributed by atoms with Crippen LogP contribution in [-0.2, 0) is 6.54 Å². The van der Waals surface area contributed by atoms with E-state index in [0.29, 0.717) is 0 Å². The molecule has 2 aromatic rings.